The minimum absolute atomic E-state index is 0.220. The molecule has 0 saturated heterocycles. The second-order valence-electron chi connectivity index (χ2n) is 3.35. The molecule has 0 spiro atoms. The zero-order valence-electron chi connectivity index (χ0n) is 9.24. The fourth-order valence-corrected chi connectivity index (χ4v) is 1.02. The van der Waals surface area contributed by atoms with E-state index < -0.39 is 0 Å². The summed E-state index contributed by atoms with van der Waals surface area (Å²) in [6.07, 6.45) is 5.11. The molecule has 0 radical (unpaired) electrons. The quantitative estimate of drug-likeness (QED) is 0.759. The maximum atomic E-state index is 5.26. The van der Waals surface area contributed by atoms with Crippen LogP contribution in [0.4, 0.5) is 5.82 Å². The number of hydrogen-bond donors (Lipinski definition) is 1. The molecule has 0 aliphatic rings. The Bertz CT molecular complexity index is 369. The van der Waals surface area contributed by atoms with Gasteiger partial charge < -0.3 is 10.1 Å². The van der Waals surface area contributed by atoms with E-state index in [0.717, 1.165) is 11.6 Å². The van der Waals surface area contributed by atoms with Crippen LogP contribution in [0.2, 0.25) is 0 Å². The lowest BCUT2D eigenvalue weighted by Gasteiger charge is -2.09. The second kappa shape index (κ2) is 5.20. The van der Waals surface area contributed by atoms with Crippen LogP contribution in [-0.4, -0.2) is 23.6 Å². The molecule has 1 aromatic heterocycles. The number of terminal acetylenes is 1. The van der Waals surface area contributed by atoms with Crippen molar-refractivity contribution < 1.29 is 4.74 Å². The third kappa shape index (κ3) is 3.13. The summed E-state index contributed by atoms with van der Waals surface area (Å²) in [6.45, 7) is 4.27. The first kappa shape index (κ1) is 11.3. The first-order valence-corrected chi connectivity index (χ1v) is 4.80. The van der Waals surface area contributed by atoms with E-state index in [-0.39, 0.29) is 12.5 Å². The smallest absolute Gasteiger partial charge is 0.219 e. The van der Waals surface area contributed by atoms with Gasteiger partial charge in [0.25, 0.3) is 0 Å². The lowest BCUT2D eigenvalue weighted by Crippen LogP contribution is -2.05. The van der Waals surface area contributed by atoms with Gasteiger partial charge in [-0.05, 0) is 0 Å². The highest BCUT2D eigenvalue weighted by molar-refractivity contribution is 5.38. The van der Waals surface area contributed by atoms with Gasteiger partial charge in [-0.1, -0.05) is 19.8 Å². The third-order valence-electron chi connectivity index (χ3n) is 1.80. The Morgan fingerprint density at radius 2 is 2.27 bits per heavy atom. The third-order valence-corrected chi connectivity index (χ3v) is 1.80. The average molecular weight is 205 g/mol. The molecule has 15 heavy (non-hydrogen) atoms. The van der Waals surface area contributed by atoms with Crippen molar-refractivity contribution in [2.24, 2.45) is 0 Å². The van der Waals surface area contributed by atoms with Gasteiger partial charge in [0.1, 0.15) is 11.6 Å². The van der Waals surface area contributed by atoms with E-state index in [0.29, 0.717) is 5.88 Å². The first-order valence-electron chi connectivity index (χ1n) is 4.80. The standard InChI is InChI=1S/C11H15N3O/c1-5-6-15-10-7-9(12-4)13-11(14-10)8(2)3/h1,7-8H,6H2,2-4H3,(H,12,13,14). The van der Waals surface area contributed by atoms with E-state index in [2.05, 4.69) is 21.2 Å². The summed E-state index contributed by atoms with van der Waals surface area (Å²) in [5.74, 6) is 4.65. The van der Waals surface area contributed by atoms with Gasteiger partial charge in [-0.15, -0.1) is 6.42 Å². The lowest BCUT2D eigenvalue weighted by atomic mass is 10.2. The zero-order valence-corrected chi connectivity index (χ0v) is 9.24. The Morgan fingerprint density at radius 1 is 1.53 bits per heavy atom. The molecule has 4 heteroatoms. The van der Waals surface area contributed by atoms with Gasteiger partial charge >= 0.3 is 0 Å². The van der Waals surface area contributed by atoms with Crippen molar-refractivity contribution in [1.29, 1.82) is 0 Å². The van der Waals surface area contributed by atoms with Gasteiger partial charge in [0.05, 0.1) is 0 Å². The van der Waals surface area contributed by atoms with Crippen LogP contribution in [0.25, 0.3) is 0 Å². The molecule has 0 fully saturated rings. The van der Waals surface area contributed by atoms with E-state index in [1.54, 1.807) is 13.1 Å². The summed E-state index contributed by atoms with van der Waals surface area (Å²) in [5, 5.41) is 2.96. The van der Waals surface area contributed by atoms with E-state index in [4.69, 9.17) is 11.2 Å². The minimum Gasteiger partial charge on any atom is -0.464 e. The molecular weight excluding hydrogens is 190 g/mol. The molecule has 1 aromatic rings. The van der Waals surface area contributed by atoms with E-state index >= 15 is 0 Å². The Hall–Kier alpha value is -1.76. The fraction of sp³-hybridized carbons (Fsp3) is 0.455. The van der Waals surface area contributed by atoms with Crippen LogP contribution in [0.3, 0.4) is 0 Å². The summed E-state index contributed by atoms with van der Waals surface area (Å²) in [4.78, 5) is 8.56. The largest absolute Gasteiger partial charge is 0.464 e. The topological polar surface area (TPSA) is 47.0 Å². The molecule has 1 N–H and O–H groups in total. The number of ether oxygens (including phenoxy) is 1. The number of nitrogens with one attached hydrogen (secondary N) is 1. The number of anilines is 1. The predicted molar refractivity (Wildman–Crippen MR) is 60.0 cm³/mol. The summed E-state index contributed by atoms with van der Waals surface area (Å²) in [7, 11) is 1.80. The molecule has 1 rings (SSSR count). The monoisotopic (exact) mass is 205 g/mol. The van der Waals surface area contributed by atoms with Gasteiger partial charge in [0.2, 0.25) is 5.88 Å². The second-order valence-corrected chi connectivity index (χ2v) is 3.35. The van der Waals surface area contributed by atoms with Gasteiger partial charge in [-0.25, -0.2) is 4.98 Å². The van der Waals surface area contributed by atoms with Crippen LogP contribution in [-0.2, 0) is 0 Å². The Morgan fingerprint density at radius 3 is 2.80 bits per heavy atom. The van der Waals surface area contributed by atoms with Crippen LogP contribution >= 0.6 is 0 Å². The molecule has 0 aliphatic carbocycles. The van der Waals surface area contributed by atoms with Crippen molar-refractivity contribution in [1.82, 2.24) is 9.97 Å². The number of nitrogens with zero attached hydrogens (tertiary/aromatic N) is 2. The van der Waals surface area contributed by atoms with E-state index in [9.17, 15) is 0 Å². The van der Waals surface area contributed by atoms with Crippen LogP contribution in [0.1, 0.15) is 25.6 Å². The van der Waals surface area contributed by atoms with Gasteiger partial charge in [0.15, 0.2) is 6.61 Å². The number of hydrogen-bond acceptors (Lipinski definition) is 4. The van der Waals surface area contributed by atoms with Crippen LogP contribution in [0.15, 0.2) is 6.07 Å². The van der Waals surface area contributed by atoms with Crippen molar-refractivity contribution >= 4 is 5.82 Å². The maximum Gasteiger partial charge on any atom is 0.219 e. The number of aromatic nitrogens is 2. The molecule has 0 unspecified atom stereocenters. The summed E-state index contributed by atoms with van der Waals surface area (Å²) < 4.78 is 5.26. The molecule has 1 heterocycles. The lowest BCUT2D eigenvalue weighted by molar-refractivity contribution is 0.352. The normalized spacial score (nSPS) is 9.80. The molecule has 0 bridgehead atoms. The Balaban J connectivity index is 2.96. The van der Waals surface area contributed by atoms with Crippen molar-refractivity contribution in [3.63, 3.8) is 0 Å². The van der Waals surface area contributed by atoms with Crippen LogP contribution in [0.5, 0.6) is 5.88 Å². The van der Waals surface area contributed by atoms with Crippen LogP contribution < -0.4 is 10.1 Å². The maximum absolute atomic E-state index is 5.26. The first-order chi connectivity index (χ1) is 7.17. The van der Waals surface area contributed by atoms with Crippen molar-refractivity contribution in [3.05, 3.63) is 11.9 Å². The average Bonchev–Trinajstić information content (AvgIpc) is 2.25. The molecule has 0 saturated carbocycles. The van der Waals surface area contributed by atoms with E-state index in [1.807, 2.05) is 13.8 Å². The van der Waals surface area contributed by atoms with Crippen LogP contribution in [0, 0.1) is 12.3 Å². The van der Waals surface area contributed by atoms with E-state index in [1.165, 1.54) is 0 Å². The van der Waals surface area contributed by atoms with Gasteiger partial charge in [-0.2, -0.15) is 4.98 Å². The summed E-state index contributed by atoms with van der Waals surface area (Å²) in [6, 6.07) is 1.73. The molecule has 0 atom stereocenters. The highest BCUT2D eigenvalue weighted by atomic mass is 16.5. The SMILES string of the molecule is C#CCOc1cc(NC)nc(C(C)C)n1. The molecule has 0 aliphatic heterocycles. The van der Waals surface area contributed by atoms with Crippen molar-refractivity contribution in [3.8, 4) is 18.2 Å². The highest BCUT2D eigenvalue weighted by Gasteiger charge is 2.07. The number of rotatable bonds is 4. The molecule has 0 aromatic carbocycles. The molecule has 80 valence electrons. The minimum atomic E-state index is 0.220. The Labute approximate surface area is 90.1 Å². The molecule has 4 nitrogen and oxygen atoms in total. The van der Waals surface area contributed by atoms with Gasteiger partial charge in [0, 0.05) is 19.0 Å². The fourth-order valence-electron chi connectivity index (χ4n) is 1.02. The highest BCUT2D eigenvalue weighted by Crippen LogP contribution is 2.17. The Kier molecular flexibility index (Phi) is 3.92. The zero-order chi connectivity index (χ0) is 11.3. The van der Waals surface area contributed by atoms with Crippen molar-refractivity contribution in [2.45, 2.75) is 19.8 Å². The van der Waals surface area contributed by atoms with Gasteiger partial charge in [-0.3, -0.25) is 0 Å². The molecular formula is C11H15N3O. The van der Waals surface area contributed by atoms with Crippen molar-refractivity contribution in [2.75, 3.05) is 19.0 Å². The summed E-state index contributed by atoms with van der Waals surface area (Å²) >= 11 is 0. The predicted octanol–water partition coefficient (Wildman–Crippen LogP) is 1.65. The molecule has 0 amide bonds. The summed E-state index contributed by atoms with van der Waals surface area (Å²) in [5.41, 5.74) is 0.